The molecule has 1 saturated heterocycles. The number of carboxylic acid groups (broad SMARTS) is 2. The molecule has 0 saturated carbocycles. The quantitative estimate of drug-likeness (QED) is 0.355. The Morgan fingerprint density at radius 2 is 1.56 bits per heavy atom. The van der Waals surface area contributed by atoms with Crippen molar-refractivity contribution in [3.63, 3.8) is 0 Å². The number of hydrogen-bond donors (Lipinski definition) is 2. The molecule has 1 aromatic heterocycles. The summed E-state index contributed by atoms with van der Waals surface area (Å²) in [6.45, 7) is 3.36. The number of ketones is 1. The van der Waals surface area contributed by atoms with Gasteiger partial charge in [-0.1, -0.05) is 0 Å². The van der Waals surface area contributed by atoms with Gasteiger partial charge in [-0.3, -0.25) is 9.36 Å². The third-order valence-corrected chi connectivity index (χ3v) is 6.57. The fraction of sp³-hybridized carbons (Fsp3) is 0.462. The minimum Gasteiger partial charge on any atom is -0.478 e. The summed E-state index contributed by atoms with van der Waals surface area (Å²) in [5, 5.41) is 15.6. The molecule has 1 fully saturated rings. The molecule has 2 aliphatic heterocycles. The third-order valence-electron chi connectivity index (χ3n) is 6.57. The van der Waals surface area contributed by atoms with E-state index in [9.17, 15) is 28.4 Å². The molecule has 0 amide bonds. The predicted octanol–water partition coefficient (Wildman–Crippen LogP) is 0.753. The molecule has 0 bridgehead atoms. The van der Waals surface area contributed by atoms with Crippen molar-refractivity contribution in [1.29, 1.82) is 0 Å². The molecule has 3 heterocycles. The standard InChI is InChI=1S/C22H27FN4O3.C4H4O4.H2O/c23-18-7-5-16(6-8-18)20(28)17-9-14-25(15-10-17)11-3-13-27-21(29)24-19-4-1-2-12-26(19)22(27)30;5-3(6)1-2-4(7)8;/h5-8,17H,1-4,9-15H2;1-2H,(H,5,6)(H,7,8);1H2/b;2-1-;. The number of Topliss-reactive ketones (excluding diaryl/α,β-unsaturated/α-hetero) is 1. The number of carbonyl (C=O) groups is 3. The van der Waals surface area contributed by atoms with Gasteiger partial charge < -0.3 is 20.6 Å². The summed E-state index contributed by atoms with van der Waals surface area (Å²) in [7, 11) is 0. The molecule has 4 N–H and O–H groups in total. The molecule has 2 aliphatic rings. The first-order chi connectivity index (χ1) is 18.2. The highest BCUT2D eigenvalue weighted by molar-refractivity contribution is 5.97. The monoisotopic (exact) mass is 548 g/mol. The first-order valence-corrected chi connectivity index (χ1v) is 12.5. The zero-order chi connectivity index (χ0) is 27.7. The van der Waals surface area contributed by atoms with E-state index >= 15 is 0 Å². The van der Waals surface area contributed by atoms with Gasteiger partial charge in [0, 0.05) is 43.1 Å². The number of aromatic nitrogens is 3. The molecule has 212 valence electrons. The van der Waals surface area contributed by atoms with E-state index in [1.54, 1.807) is 16.7 Å². The number of carboxylic acids is 2. The summed E-state index contributed by atoms with van der Waals surface area (Å²) < 4.78 is 15.9. The molecule has 1 aromatic carbocycles. The highest BCUT2D eigenvalue weighted by atomic mass is 19.1. The zero-order valence-corrected chi connectivity index (χ0v) is 21.4. The van der Waals surface area contributed by atoms with E-state index < -0.39 is 17.6 Å². The Balaban J connectivity index is 0.000000519. The summed E-state index contributed by atoms with van der Waals surface area (Å²) in [5.74, 6) is -2.20. The predicted molar refractivity (Wildman–Crippen MR) is 138 cm³/mol. The third kappa shape index (κ3) is 9.07. The van der Waals surface area contributed by atoms with Gasteiger partial charge in [0.1, 0.15) is 11.6 Å². The number of halogens is 1. The minimum atomic E-state index is -1.26. The second-order valence-corrected chi connectivity index (χ2v) is 9.20. The van der Waals surface area contributed by atoms with Gasteiger partial charge in [-0.05, 0) is 76.0 Å². The molecule has 0 spiro atoms. The van der Waals surface area contributed by atoms with Crippen LogP contribution in [0.2, 0.25) is 0 Å². The zero-order valence-electron chi connectivity index (χ0n) is 21.4. The molecule has 12 nitrogen and oxygen atoms in total. The Morgan fingerprint density at radius 1 is 0.949 bits per heavy atom. The van der Waals surface area contributed by atoms with Crippen molar-refractivity contribution in [2.75, 3.05) is 19.6 Å². The maximum absolute atomic E-state index is 13.1. The average molecular weight is 549 g/mol. The highest BCUT2D eigenvalue weighted by Crippen LogP contribution is 2.22. The lowest BCUT2D eigenvalue weighted by molar-refractivity contribution is -0.134. The van der Waals surface area contributed by atoms with Crippen LogP contribution in [-0.4, -0.2) is 72.1 Å². The molecule has 0 radical (unpaired) electrons. The van der Waals surface area contributed by atoms with Crippen LogP contribution in [0.15, 0.2) is 46.0 Å². The molecular weight excluding hydrogens is 515 g/mol. The highest BCUT2D eigenvalue weighted by Gasteiger charge is 2.25. The number of rotatable bonds is 8. The normalized spacial score (nSPS) is 15.5. The fourth-order valence-electron chi connectivity index (χ4n) is 4.59. The average Bonchev–Trinajstić information content (AvgIpc) is 2.90. The molecule has 0 aliphatic carbocycles. The molecular formula is C26H33FN4O8. The smallest absolute Gasteiger partial charge is 0.353 e. The molecule has 0 unspecified atom stereocenters. The van der Waals surface area contributed by atoms with E-state index in [0.29, 0.717) is 49.5 Å². The Kier molecular flexibility index (Phi) is 11.9. The Hall–Kier alpha value is -3.97. The van der Waals surface area contributed by atoms with Gasteiger partial charge in [0.2, 0.25) is 0 Å². The minimum absolute atomic E-state index is 0. The first kappa shape index (κ1) is 31.2. The maximum Gasteiger partial charge on any atom is 0.353 e. The Labute approximate surface area is 223 Å². The van der Waals surface area contributed by atoms with Crippen LogP contribution in [0.4, 0.5) is 4.39 Å². The second-order valence-electron chi connectivity index (χ2n) is 9.20. The Bertz CT molecular complexity index is 1280. The number of carbonyl (C=O) groups excluding carboxylic acids is 1. The van der Waals surface area contributed by atoms with E-state index in [2.05, 4.69) is 9.88 Å². The summed E-state index contributed by atoms with van der Waals surface area (Å²) in [4.78, 5) is 62.9. The Morgan fingerprint density at radius 3 is 2.15 bits per heavy atom. The van der Waals surface area contributed by atoms with Crippen LogP contribution in [0.25, 0.3) is 0 Å². The van der Waals surface area contributed by atoms with Crippen LogP contribution >= 0.6 is 0 Å². The van der Waals surface area contributed by atoms with Crippen molar-refractivity contribution in [3.8, 4) is 0 Å². The van der Waals surface area contributed by atoms with E-state index in [4.69, 9.17) is 10.2 Å². The topological polar surface area (TPSA) is 183 Å². The van der Waals surface area contributed by atoms with Crippen LogP contribution in [-0.2, 0) is 29.1 Å². The van der Waals surface area contributed by atoms with Gasteiger partial charge >= 0.3 is 23.3 Å². The number of aryl methyl sites for hydroxylation is 1. The van der Waals surface area contributed by atoms with Crippen LogP contribution < -0.4 is 11.4 Å². The van der Waals surface area contributed by atoms with Crippen molar-refractivity contribution in [2.45, 2.75) is 51.6 Å². The molecule has 0 atom stereocenters. The second kappa shape index (κ2) is 14.8. The number of benzene rings is 1. The maximum atomic E-state index is 13.1. The SMILES string of the molecule is O.O=C(O)/C=C\C(=O)O.O=C(c1ccc(F)cc1)C1CCN(CCCn2c(=O)nc3n(c2=O)CCCC3)CC1. The van der Waals surface area contributed by atoms with Crippen molar-refractivity contribution in [3.05, 3.63) is 74.6 Å². The van der Waals surface area contributed by atoms with Gasteiger partial charge in [-0.2, -0.15) is 4.98 Å². The van der Waals surface area contributed by atoms with Crippen molar-refractivity contribution < 1.29 is 34.5 Å². The van der Waals surface area contributed by atoms with Crippen LogP contribution in [0, 0.1) is 11.7 Å². The van der Waals surface area contributed by atoms with E-state index in [-0.39, 0.29) is 28.7 Å². The van der Waals surface area contributed by atoms with E-state index in [1.807, 2.05) is 0 Å². The number of fused-ring (bicyclic) bond motifs is 1. The van der Waals surface area contributed by atoms with Crippen LogP contribution in [0.5, 0.6) is 0 Å². The molecule has 2 aromatic rings. The number of aliphatic carboxylic acids is 2. The lowest BCUT2D eigenvalue weighted by atomic mass is 9.89. The van der Waals surface area contributed by atoms with Crippen molar-refractivity contribution in [2.24, 2.45) is 5.92 Å². The van der Waals surface area contributed by atoms with Crippen LogP contribution in [0.1, 0.15) is 48.3 Å². The van der Waals surface area contributed by atoms with Gasteiger partial charge in [0.15, 0.2) is 5.78 Å². The first-order valence-electron chi connectivity index (χ1n) is 12.5. The lowest BCUT2D eigenvalue weighted by Gasteiger charge is -2.31. The van der Waals surface area contributed by atoms with Crippen LogP contribution in [0.3, 0.4) is 0 Å². The van der Waals surface area contributed by atoms with Gasteiger partial charge in [0.25, 0.3) is 0 Å². The molecule has 4 rings (SSSR count). The summed E-state index contributed by atoms with van der Waals surface area (Å²) in [5.41, 5.74) is -0.125. The lowest BCUT2D eigenvalue weighted by Crippen LogP contribution is -2.45. The summed E-state index contributed by atoms with van der Waals surface area (Å²) in [6.07, 6.45) is 5.93. The van der Waals surface area contributed by atoms with Crippen molar-refractivity contribution >= 4 is 17.7 Å². The van der Waals surface area contributed by atoms with E-state index in [0.717, 1.165) is 45.3 Å². The molecule has 39 heavy (non-hydrogen) atoms. The summed E-state index contributed by atoms with van der Waals surface area (Å²) in [6, 6.07) is 5.74. The van der Waals surface area contributed by atoms with Gasteiger partial charge in [-0.25, -0.2) is 28.1 Å². The van der Waals surface area contributed by atoms with Gasteiger partial charge in [0.05, 0.1) is 0 Å². The number of likely N-dealkylation sites (tertiary alicyclic amines) is 1. The summed E-state index contributed by atoms with van der Waals surface area (Å²) >= 11 is 0. The van der Waals surface area contributed by atoms with Crippen molar-refractivity contribution in [1.82, 2.24) is 19.0 Å². The number of piperidine rings is 1. The number of hydrogen-bond acceptors (Lipinski definition) is 7. The number of nitrogens with zero attached hydrogens (tertiary/aromatic N) is 4. The largest absolute Gasteiger partial charge is 0.478 e. The fourth-order valence-corrected chi connectivity index (χ4v) is 4.59. The van der Waals surface area contributed by atoms with Gasteiger partial charge in [-0.15, -0.1) is 0 Å². The molecule has 13 heteroatoms. The van der Waals surface area contributed by atoms with E-state index in [1.165, 1.54) is 16.7 Å².